The fourth-order valence-corrected chi connectivity index (χ4v) is 4.72. The van der Waals surface area contributed by atoms with E-state index in [1.165, 1.54) is 5.56 Å². The van der Waals surface area contributed by atoms with Crippen molar-refractivity contribution in [1.82, 2.24) is 0 Å². The highest BCUT2D eigenvalue weighted by atomic mass is 35.5. The molecule has 0 amide bonds. The largest absolute Gasteiger partial charge is 0.492 e. The molecule has 0 saturated carbocycles. The van der Waals surface area contributed by atoms with Crippen molar-refractivity contribution in [3.8, 4) is 5.75 Å². The van der Waals surface area contributed by atoms with Gasteiger partial charge in [0.2, 0.25) is 0 Å². The summed E-state index contributed by atoms with van der Waals surface area (Å²) >= 11 is 6.73. The fraction of sp³-hybridized carbons (Fsp3) is 0.500. The predicted octanol–water partition coefficient (Wildman–Crippen LogP) is 2.33. The van der Waals surface area contributed by atoms with Crippen molar-refractivity contribution >= 4 is 11.6 Å². The number of rotatable bonds is 5. The maximum Gasteiger partial charge on any atom is 0.141 e. The lowest BCUT2D eigenvalue weighted by Crippen LogP contribution is -2.55. The lowest BCUT2D eigenvalue weighted by atomic mass is 9.85. The molecule has 4 N–H and O–H groups in total. The Morgan fingerprint density at radius 1 is 1.03 bits per heavy atom. The summed E-state index contributed by atoms with van der Waals surface area (Å²) in [5, 5.41) is 41.3. The molecule has 0 aromatic heterocycles. The Kier molecular flexibility index (Phi) is 6.86. The molecule has 0 radical (unpaired) electrons. The van der Waals surface area contributed by atoms with Crippen molar-refractivity contribution < 1.29 is 29.9 Å². The summed E-state index contributed by atoms with van der Waals surface area (Å²) in [4.78, 5) is 0. The Morgan fingerprint density at radius 3 is 2.42 bits per heavy atom. The number of aliphatic hydroxyl groups is 4. The average molecular weight is 449 g/mol. The van der Waals surface area contributed by atoms with Crippen molar-refractivity contribution in [3.05, 3.63) is 63.2 Å². The maximum atomic E-state index is 10.7. The first-order chi connectivity index (χ1) is 14.9. The van der Waals surface area contributed by atoms with Gasteiger partial charge in [-0.2, -0.15) is 0 Å². The number of benzene rings is 2. The highest BCUT2D eigenvalue weighted by molar-refractivity contribution is 6.33. The van der Waals surface area contributed by atoms with Gasteiger partial charge in [0.25, 0.3) is 0 Å². The van der Waals surface area contributed by atoms with Crippen LogP contribution >= 0.6 is 11.6 Å². The Hall–Kier alpha value is -1.67. The minimum Gasteiger partial charge on any atom is -0.492 e. The van der Waals surface area contributed by atoms with E-state index in [4.69, 9.17) is 21.1 Å². The van der Waals surface area contributed by atoms with E-state index in [1.807, 2.05) is 6.07 Å². The summed E-state index contributed by atoms with van der Waals surface area (Å²) in [7, 11) is 0. The smallest absolute Gasteiger partial charge is 0.141 e. The Bertz CT molecular complexity index is 913. The van der Waals surface area contributed by atoms with Gasteiger partial charge in [0, 0.05) is 5.56 Å². The first-order valence-corrected chi connectivity index (χ1v) is 11.2. The quantitative estimate of drug-likeness (QED) is 0.560. The van der Waals surface area contributed by atoms with Crippen LogP contribution in [0.3, 0.4) is 0 Å². The summed E-state index contributed by atoms with van der Waals surface area (Å²) in [6, 6.07) is 10.2. The van der Waals surface area contributed by atoms with Crippen LogP contribution in [0.1, 0.15) is 47.3 Å². The summed E-state index contributed by atoms with van der Waals surface area (Å²) in [6.45, 7) is 2.19. The molecule has 2 heterocycles. The van der Waals surface area contributed by atoms with Gasteiger partial charge in [0.05, 0.1) is 18.2 Å². The molecule has 1 saturated heterocycles. The third-order valence-corrected chi connectivity index (χ3v) is 6.69. The predicted molar refractivity (Wildman–Crippen MR) is 117 cm³/mol. The van der Waals surface area contributed by atoms with Crippen molar-refractivity contribution in [2.24, 2.45) is 0 Å². The van der Waals surface area contributed by atoms with Crippen molar-refractivity contribution in [1.29, 1.82) is 0 Å². The maximum absolute atomic E-state index is 10.7. The number of hydrogen-bond acceptors (Lipinski definition) is 6. The molecule has 2 aromatic rings. The summed E-state index contributed by atoms with van der Waals surface area (Å²) in [5.41, 5.74) is 4.70. The van der Waals surface area contributed by atoms with Gasteiger partial charge in [-0.25, -0.2) is 0 Å². The zero-order valence-corrected chi connectivity index (χ0v) is 18.3. The molecule has 31 heavy (non-hydrogen) atoms. The average Bonchev–Trinajstić information content (AvgIpc) is 2.80. The summed E-state index contributed by atoms with van der Waals surface area (Å²) < 4.78 is 11.8. The molecule has 0 unspecified atom stereocenters. The van der Waals surface area contributed by atoms with Crippen LogP contribution in [-0.2, 0) is 24.0 Å². The van der Waals surface area contributed by atoms with E-state index in [1.54, 1.807) is 0 Å². The van der Waals surface area contributed by atoms with Crippen LogP contribution in [0.25, 0.3) is 0 Å². The number of fused-ring (bicyclic) bond motifs is 1. The number of aliphatic hydroxyl groups excluding tert-OH is 4. The van der Waals surface area contributed by atoms with Crippen molar-refractivity contribution in [3.63, 3.8) is 0 Å². The van der Waals surface area contributed by atoms with E-state index in [0.717, 1.165) is 29.5 Å². The Morgan fingerprint density at radius 2 is 1.74 bits per heavy atom. The van der Waals surface area contributed by atoms with Gasteiger partial charge in [-0.15, -0.1) is 0 Å². The van der Waals surface area contributed by atoms with E-state index < -0.39 is 37.1 Å². The normalized spacial score (nSPS) is 28.1. The lowest BCUT2D eigenvalue weighted by molar-refractivity contribution is -0.232. The standard InChI is InChI=1S/C24H29ClO6/c1-2-13-5-7-14(8-6-13)10-15-11-17(16-4-3-9-30-23(16)19(15)25)24-22(29)21(28)20(27)18(12-26)31-24/h5-8,11,18,20-22,24,26-29H,2-4,9-10,12H2,1H3/t18-,20-,21+,22-,24+/m0/s1. The SMILES string of the molecule is CCc1ccc(Cc2cc([C@H]3O[C@@H](CO)[C@H](O)[C@@H](O)[C@@H]3O)c3c(c2Cl)OCCC3)cc1. The van der Waals surface area contributed by atoms with Crippen LogP contribution in [0.4, 0.5) is 0 Å². The monoisotopic (exact) mass is 448 g/mol. The highest BCUT2D eigenvalue weighted by Gasteiger charge is 2.45. The van der Waals surface area contributed by atoms with Gasteiger partial charge in [0.1, 0.15) is 36.3 Å². The first kappa shape index (κ1) is 22.5. The van der Waals surface area contributed by atoms with Gasteiger partial charge >= 0.3 is 0 Å². The number of halogens is 1. The first-order valence-electron chi connectivity index (χ1n) is 10.8. The molecule has 2 aliphatic heterocycles. The van der Waals surface area contributed by atoms with Crippen molar-refractivity contribution in [2.45, 2.75) is 63.1 Å². The highest BCUT2D eigenvalue weighted by Crippen LogP contribution is 2.44. The molecular formula is C24H29ClO6. The van der Waals surface area contributed by atoms with E-state index in [0.29, 0.717) is 35.8 Å². The van der Waals surface area contributed by atoms with Crippen LogP contribution in [0, 0.1) is 0 Å². The minimum absolute atomic E-state index is 0.468. The Labute approximate surface area is 187 Å². The number of ether oxygens (including phenoxy) is 2. The van der Waals surface area contributed by atoms with Crippen molar-refractivity contribution in [2.75, 3.05) is 13.2 Å². The molecule has 0 bridgehead atoms. The number of aryl methyl sites for hydroxylation is 1. The molecule has 6 nitrogen and oxygen atoms in total. The van der Waals surface area contributed by atoms with Crippen LogP contribution < -0.4 is 4.74 Å². The zero-order valence-electron chi connectivity index (χ0n) is 17.5. The molecular weight excluding hydrogens is 420 g/mol. The van der Waals surface area contributed by atoms with Crippen LogP contribution in [0.2, 0.25) is 5.02 Å². The topological polar surface area (TPSA) is 99.4 Å². The fourth-order valence-electron chi connectivity index (χ4n) is 4.43. The molecule has 168 valence electrons. The number of hydrogen-bond donors (Lipinski definition) is 4. The Balaban J connectivity index is 1.75. The van der Waals surface area contributed by atoms with Crippen LogP contribution in [0.15, 0.2) is 30.3 Å². The van der Waals surface area contributed by atoms with Gasteiger partial charge in [0.15, 0.2) is 0 Å². The van der Waals surface area contributed by atoms with Gasteiger partial charge in [-0.05, 0) is 47.9 Å². The van der Waals surface area contributed by atoms with E-state index in [2.05, 4.69) is 31.2 Å². The van der Waals surface area contributed by atoms with Crippen LogP contribution in [-0.4, -0.2) is 58.1 Å². The second kappa shape index (κ2) is 9.45. The molecule has 5 atom stereocenters. The second-order valence-electron chi connectivity index (χ2n) is 8.29. The summed E-state index contributed by atoms with van der Waals surface area (Å²) in [5.74, 6) is 0.586. The van der Waals surface area contributed by atoms with Crippen LogP contribution in [0.5, 0.6) is 5.75 Å². The molecule has 2 aromatic carbocycles. The third-order valence-electron chi connectivity index (χ3n) is 6.28. The van der Waals surface area contributed by atoms with Gasteiger partial charge < -0.3 is 29.9 Å². The van der Waals surface area contributed by atoms with E-state index in [-0.39, 0.29) is 0 Å². The lowest BCUT2D eigenvalue weighted by Gasteiger charge is -2.41. The molecule has 2 aliphatic rings. The van der Waals surface area contributed by atoms with E-state index in [9.17, 15) is 20.4 Å². The van der Waals surface area contributed by atoms with E-state index >= 15 is 0 Å². The minimum atomic E-state index is -1.43. The third kappa shape index (κ3) is 4.33. The molecule has 7 heteroatoms. The zero-order chi connectivity index (χ0) is 22.1. The molecule has 0 spiro atoms. The van der Waals surface area contributed by atoms with Gasteiger partial charge in [-0.3, -0.25) is 0 Å². The second-order valence-corrected chi connectivity index (χ2v) is 8.67. The molecule has 0 aliphatic carbocycles. The molecule has 4 rings (SSSR count). The molecule has 1 fully saturated rings. The summed E-state index contributed by atoms with van der Waals surface area (Å²) in [6.07, 6.45) is -3.02. The van der Waals surface area contributed by atoms with Gasteiger partial charge in [-0.1, -0.05) is 48.9 Å².